The minimum Gasteiger partial charge on any atom is -0.383 e. The zero-order chi connectivity index (χ0) is 20.4. The number of halogens is 3. The lowest BCUT2D eigenvalue weighted by Crippen LogP contribution is -2.32. The largest absolute Gasteiger partial charge is 0.383 e. The van der Waals surface area contributed by atoms with Crippen LogP contribution in [0.5, 0.6) is 0 Å². The van der Waals surface area contributed by atoms with Gasteiger partial charge in [-0.25, -0.2) is 5.01 Å². The molecule has 0 spiro atoms. The van der Waals surface area contributed by atoms with E-state index in [9.17, 15) is 9.59 Å². The number of nitrogens with two attached hydrogens (primary N) is 2. The van der Waals surface area contributed by atoms with Crippen LogP contribution in [-0.2, 0) is 11.3 Å². The number of ketones is 1. The van der Waals surface area contributed by atoms with Crippen molar-refractivity contribution in [1.82, 2.24) is 5.01 Å². The second-order valence-corrected chi connectivity index (χ2v) is 7.20. The number of primary amides is 1. The van der Waals surface area contributed by atoms with Crippen molar-refractivity contribution >= 4 is 46.5 Å². The number of hydrogen-bond acceptors (Lipinski definition) is 6. The average molecular weight is 439 g/mol. The van der Waals surface area contributed by atoms with E-state index in [-0.39, 0.29) is 45.9 Å². The highest BCUT2D eigenvalue weighted by molar-refractivity contribution is 6.41. The van der Waals surface area contributed by atoms with Crippen LogP contribution in [0.2, 0.25) is 15.1 Å². The van der Waals surface area contributed by atoms with E-state index in [1.54, 1.807) is 36.4 Å². The first-order chi connectivity index (χ1) is 13.3. The van der Waals surface area contributed by atoms with Crippen LogP contribution in [0.15, 0.2) is 58.1 Å². The summed E-state index contributed by atoms with van der Waals surface area (Å²) in [7, 11) is 0. The summed E-state index contributed by atoms with van der Waals surface area (Å²) in [6.45, 7) is 0.161. The maximum atomic E-state index is 12.7. The SMILES string of the molecule is NC(=O)C1=C(N)N(Cc2cc(Cl)c(C(=O)c3ccc(Cl)cc3)c(Cl)c2)N=NC1. The van der Waals surface area contributed by atoms with Gasteiger partial charge in [-0.2, -0.15) is 5.11 Å². The highest BCUT2D eigenvalue weighted by Gasteiger charge is 2.22. The molecule has 10 heteroatoms. The van der Waals surface area contributed by atoms with Crippen molar-refractivity contribution in [3.05, 3.63) is 79.6 Å². The van der Waals surface area contributed by atoms with E-state index in [0.717, 1.165) is 0 Å². The quantitative estimate of drug-likeness (QED) is 0.692. The van der Waals surface area contributed by atoms with Crippen LogP contribution in [0.25, 0.3) is 0 Å². The van der Waals surface area contributed by atoms with Gasteiger partial charge in [0.1, 0.15) is 5.82 Å². The molecule has 1 heterocycles. The lowest BCUT2D eigenvalue weighted by atomic mass is 10.0. The molecule has 1 aliphatic heterocycles. The molecule has 0 saturated heterocycles. The number of hydrogen-bond donors (Lipinski definition) is 2. The van der Waals surface area contributed by atoms with Gasteiger partial charge in [-0.15, -0.1) is 0 Å². The van der Waals surface area contributed by atoms with Crippen molar-refractivity contribution in [3.8, 4) is 0 Å². The van der Waals surface area contributed by atoms with Gasteiger partial charge in [0.2, 0.25) is 5.91 Å². The molecule has 1 aliphatic rings. The molecule has 28 heavy (non-hydrogen) atoms. The lowest BCUT2D eigenvalue weighted by Gasteiger charge is -2.23. The zero-order valence-corrected chi connectivity index (χ0v) is 16.6. The molecular weight excluding hydrogens is 425 g/mol. The van der Waals surface area contributed by atoms with E-state index in [1.807, 2.05) is 0 Å². The van der Waals surface area contributed by atoms with Crippen LogP contribution < -0.4 is 11.5 Å². The van der Waals surface area contributed by atoms with Crippen LogP contribution in [0, 0.1) is 0 Å². The fraction of sp³-hybridized carbons (Fsp3) is 0.111. The Morgan fingerprint density at radius 3 is 2.25 bits per heavy atom. The number of carbonyl (C=O) groups excluding carboxylic acids is 2. The molecule has 1 amide bonds. The van der Waals surface area contributed by atoms with E-state index in [0.29, 0.717) is 16.1 Å². The van der Waals surface area contributed by atoms with Crippen LogP contribution >= 0.6 is 34.8 Å². The fourth-order valence-electron chi connectivity index (χ4n) is 2.64. The molecule has 0 atom stereocenters. The third-order valence-corrected chi connectivity index (χ3v) is 4.90. The second kappa shape index (κ2) is 8.18. The zero-order valence-electron chi connectivity index (χ0n) is 14.3. The molecule has 0 saturated carbocycles. The first-order valence-corrected chi connectivity index (χ1v) is 9.13. The minimum absolute atomic E-state index is 0.0215. The van der Waals surface area contributed by atoms with Crippen molar-refractivity contribution in [2.24, 2.45) is 21.8 Å². The van der Waals surface area contributed by atoms with Crippen molar-refractivity contribution in [2.45, 2.75) is 6.54 Å². The Balaban J connectivity index is 1.89. The number of rotatable bonds is 5. The number of benzene rings is 2. The molecule has 7 nitrogen and oxygen atoms in total. The molecule has 4 N–H and O–H groups in total. The number of nitrogens with zero attached hydrogens (tertiary/aromatic N) is 3. The minimum atomic E-state index is -0.666. The summed E-state index contributed by atoms with van der Waals surface area (Å²) in [5, 5.41) is 9.92. The Morgan fingerprint density at radius 1 is 1.07 bits per heavy atom. The smallest absolute Gasteiger partial charge is 0.250 e. The van der Waals surface area contributed by atoms with E-state index in [1.165, 1.54) is 5.01 Å². The van der Waals surface area contributed by atoms with Crippen LogP contribution in [0.4, 0.5) is 0 Å². The number of amides is 1. The third kappa shape index (κ3) is 4.11. The Hall–Kier alpha value is -2.61. The Labute approximate surface area is 175 Å². The van der Waals surface area contributed by atoms with Crippen molar-refractivity contribution < 1.29 is 9.59 Å². The predicted molar refractivity (Wildman–Crippen MR) is 107 cm³/mol. The molecule has 2 aromatic rings. The Bertz CT molecular complexity index is 995. The standard InChI is InChI=1S/C18H14Cl3N5O2/c19-11-3-1-10(2-4-11)16(27)15-13(20)5-9(6-14(15)21)8-26-17(22)12(18(23)28)7-24-25-26/h1-6H,7-8,22H2,(H2,23,28). The highest BCUT2D eigenvalue weighted by atomic mass is 35.5. The fourth-order valence-corrected chi connectivity index (χ4v) is 3.47. The van der Waals surface area contributed by atoms with Crippen molar-refractivity contribution in [3.63, 3.8) is 0 Å². The third-order valence-electron chi connectivity index (χ3n) is 4.05. The summed E-state index contributed by atoms with van der Waals surface area (Å²) >= 11 is 18.5. The van der Waals surface area contributed by atoms with Crippen LogP contribution in [0.1, 0.15) is 21.5 Å². The molecule has 0 fully saturated rings. The van der Waals surface area contributed by atoms with Crippen molar-refractivity contribution in [1.29, 1.82) is 0 Å². The summed E-state index contributed by atoms with van der Waals surface area (Å²) in [6.07, 6.45) is 0. The molecule has 0 radical (unpaired) electrons. The predicted octanol–water partition coefficient (Wildman–Crippen LogP) is 3.72. The van der Waals surface area contributed by atoms with Gasteiger partial charge in [0.05, 0.1) is 34.3 Å². The van der Waals surface area contributed by atoms with Gasteiger partial charge in [0.25, 0.3) is 0 Å². The lowest BCUT2D eigenvalue weighted by molar-refractivity contribution is -0.114. The average Bonchev–Trinajstić information content (AvgIpc) is 2.63. The maximum absolute atomic E-state index is 12.7. The summed E-state index contributed by atoms with van der Waals surface area (Å²) in [4.78, 5) is 24.2. The monoisotopic (exact) mass is 437 g/mol. The van der Waals surface area contributed by atoms with Crippen LogP contribution in [0.3, 0.4) is 0 Å². The second-order valence-electron chi connectivity index (χ2n) is 5.95. The summed E-state index contributed by atoms with van der Waals surface area (Å²) in [6, 6.07) is 9.57. The molecule has 0 unspecified atom stereocenters. The highest BCUT2D eigenvalue weighted by Crippen LogP contribution is 2.30. The molecule has 144 valence electrons. The Kier molecular flexibility index (Phi) is 5.88. The Morgan fingerprint density at radius 2 is 1.68 bits per heavy atom. The topological polar surface area (TPSA) is 114 Å². The van der Waals surface area contributed by atoms with E-state index in [2.05, 4.69) is 10.3 Å². The molecule has 3 rings (SSSR count). The molecule has 0 bridgehead atoms. The molecular formula is C18H14Cl3N5O2. The molecule has 0 aliphatic carbocycles. The van der Waals surface area contributed by atoms with Crippen molar-refractivity contribution in [2.75, 3.05) is 6.54 Å². The van der Waals surface area contributed by atoms with Gasteiger partial charge >= 0.3 is 0 Å². The van der Waals surface area contributed by atoms with Gasteiger partial charge in [0.15, 0.2) is 5.78 Å². The number of carbonyl (C=O) groups is 2. The van der Waals surface area contributed by atoms with E-state index >= 15 is 0 Å². The molecule has 0 aromatic heterocycles. The van der Waals surface area contributed by atoms with Gasteiger partial charge in [-0.3, -0.25) is 9.59 Å². The molecule has 2 aromatic carbocycles. The van der Waals surface area contributed by atoms with Gasteiger partial charge in [-0.1, -0.05) is 40.0 Å². The summed E-state index contributed by atoms with van der Waals surface area (Å²) in [5.41, 5.74) is 12.6. The van der Waals surface area contributed by atoms with E-state index in [4.69, 9.17) is 46.3 Å². The van der Waals surface area contributed by atoms with Gasteiger partial charge in [0, 0.05) is 10.6 Å². The van der Waals surface area contributed by atoms with Crippen LogP contribution in [-0.4, -0.2) is 23.2 Å². The summed E-state index contributed by atoms with van der Waals surface area (Å²) in [5.74, 6) is -0.886. The summed E-state index contributed by atoms with van der Waals surface area (Å²) < 4.78 is 0. The first-order valence-electron chi connectivity index (χ1n) is 7.99. The first kappa shape index (κ1) is 20.1. The normalized spacial score (nSPS) is 13.8. The maximum Gasteiger partial charge on any atom is 0.250 e. The van der Waals surface area contributed by atoms with E-state index < -0.39 is 5.91 Å². The van der Waals surface area contributed by atoms with Gasteiger partial charge in [-0.05, 0) is 42.0 Å². The van der Waals surface area contributed by atoms with Gasteiger partial charge < -0.3 is 11.5 Å².